The lowest BCUT2D eigenvalue weighted by Gasteiger charge is -2.00. The van der Waals surface area contributed by atoms with Crippen molar-refractivity contribution in [3.63, 3.8) is 0 Å². The van der Waals surface area contributed by atoms with Crippen molar-refractivity contribution in [3.8, 4) is 11.5 Å². The number of nitrogen functional groups attached to an aromatic ring is 1. The molecule has 3 rings (SSSR count). The first-order valence-corrected chi connectivity index (χ1v) is 5.86. The van der Waals surface area contributed by atoms with Crippen molar-refractivity contribution in [3.05, 3.63) is 29.0 Å². The molecule has 1 heterocycles. The number of nitrogens with zero attached hydrogens (tertiary/aromatic N) is 2. The summed E-state index contributed by atoms with van der Waals surface area (Å²) in [5.41, 5.74) is 7.13. The minimum Gasteiger partial charge on any atom is -0.399 e. The zero-order chi connectivity index (χ0) is 12.0. The fraction of sp³-hybridized carbons (Fsp3) is 0.333. The summed E-state index contributed by atoms with van der Waals surface area (Å²) in [4.78, 5) is 4.40. The Bertz CT molecular complexity index is 575. The van der Waals surface area contributed by atoms with E-state index in [2.05, 4.69) is 17.1 Å². The first-order chi connectivity index (χ1) is 8.08. The predicted molar refractivity (Wildman–Crippen MR) is 65.7 cm³/mol. The van der Waals surface area contributed by atoms with E-state index in [-0.39, 0.29) is 5.41 Å². The second-order valence-electron chi connectivity index (χ2n) is 4.72. The monoisotopic (exact) mass is 249 g/mol. The lowest BCUT2D eigenvalue weighted by Crippen LogP contribution is -2.01. The van der Waals surface area contributed by atoms with Gasteiger partial charge in [0.1, 0.15) is 0 Å². The molecule has 1 aromatic heterocycles. The highest BCUT2D eigenvalue weighted by molar-refractivity contribution is 6.33. The molecule has 4 nitrogen and oxygen atoms in total. The summed E-state index contributed by atoms with van der Waals surface area (Å²) in [5.74, 6) is 1.19. The van der Waals surface area contributed by atoms with E-state index in [9.17, 15) is 0 Å². The van der Waals surface area contributed by atoms with Crippen LogP contribution in [0.2, 0.25) is 5.02 Å². The van der Waals surface area contributed by atoms with Crippen molar-refractivity contribution in [1.82, 2.24) is 10.1 Å². The van der Waals surface area contributed by atoms with Crippen LogP contribution < -0.4 is 5.73 Å². The number of rotatable bonds is 2. The van der Waals surface area contributed by atoms with Gasteiger partial charge in [-0.2, -0.15) is 4.98 Å². The van der Waals surface area contributed by atoms with Crippen LogP contribution in [0.15, 0.2) is 22.7 Å². The number of nitrogens with two attached hydrogens (primary N) is 1. The maximum absolute atomic E-state index is 6.09. The molecule has 0 saturated heterocycles. The molecular formula is C12H12ClN3O. The molecular weight excluding hydrogens is 238 g/mol. The average Bonchev–Trinajstić information content (AvgIpc) is 2.88. The number of halogens is 1. The molecule has 0 radical (unpaired) electrons. The molecule has 0 amide bonds. The number of anilines is 1. The summed E-state index contributed by atoms with van der Waals surface area (Å²) in [6.07, 6.45) is 2.22. The van der Waals surface area contributed by atoms with Gasteiger partial charge in [-0.25, -0.2) is 0 Å². The Hall–Kier alpha value is -1.55. The van der Waals surface area contributed by atoms with Gasteiger partial charge in [-0.1, -0.05) is 23.7 Å². The van der Waals surface area contributed by atoms with Crippen LogP contribution in [0.1, 0.15) is 25.6 Å². The van der Waals surface area contributed by atoms with Crippen molar-refractivity contribution < 1.29 is 4.52 Å². The second-order valence-corrected chi connectivity index (χ2v) is 5.13. The molecule has 1 aliphatic rings. The SMILES string of the molecule is CC1(c2noc(-c3cc(N)ccc3Cl)n2)CC1. The third-order valence-electron chi connectivity index (χ3n) is 3.19. The van der Waals surface area contributed by atoms with Crippen LogP contribution in [0.25, 0.3) is 11.5 Å². The fourth-order valence-electron chi connectivity index (χ4n) is 1.70. The van der Waals surface area contributed by atoms with Crippen molar-refractivity contribution >= 4 is 17.3 Å². The molecule has 17 heavy (non-hydrogen) atoms. The highest BCUT2D eigenvalue weighted by Gasteiger charge is 2.43. The molecule has 1 saturated carbocycles. The van der Waals surface area contributed by atoms with Gasteiger partial charge in [0, 0.05) is 11.1 Å². The summed E-state index contributed by atoms with van der Waals surface area (Å²) in [5, 5.41) is 4.58. The van der Waals surface area contributed by atoms with Gasteiger partial charge in [-0.3, -0.25) is 0 Å². The molecule has 2 aromatic rings. The Kier molecular flexibility index (Phi) is 2.16. The van der Waals surface area contributed by atoms with Crippen molar-refractivity contribution in [2.75, 3.05) is 5.73 Å². The Morgan fingerprint density at radius 1 is 1.41 bits per heavy atom. The van der Waals surface area contributed by atoms with Crippen LogP contribution in [0.4, 0.5) is 5.69 Å². The van der Waals surface area contributed by atoms with Crippen LogP contribution in [0.5, 0.6) is 0 Å². The van der Waals surface area contributed by atoms with Crippen LogP contribution in [0, 0.1) is 0 Å². The highest BCUT2D eigenvalue weighted by Crippen LogP contribution is 2.46. The molecule has 0 atom stereocenters. The third-order valence-corrected chi connectivity index (χ3v) is 3.52. The van der Waals surface area contributed by atoms with Crippen LogP contribution in [-0.2, 0) is 5.41 Å². The lowest BCUT2D eigenvalue weighted by atomic mass is 10.1. The number of benzene rings is 1. The Morgan fingerprint density at radius 2 is 2.18 bits per heavy atom. The number of aromatic nitrogens is 2. The van der Waals surface area contributed by atoms with Gasteiger partial charge >= 0.3 is 0 Å². The number of hydrogen-bond donors (Lipinski definition) is 1. The van der Waals surface area contributed by atoms with Gasteiger partial charge in [0.05, 0.1) is 10.6 Å². The Balaban J connectivity index is 2.03. The van der Waals surface area contributed by atoms with E-state index < -0.39 is 0 Å². The molecule has 2 N–H and O–H groups in total. The van der Waals surface area contributed by atoms with E-state index in [0.29, 0.717) is 22.2 Å². The minimum absolute atomic E-state index is 0.0918. The van der Waals surface area contributed by atoms with Gasteiger partial charge < -0.3 is 10.3 Å². The van der Waals surface area contributed by atoms with E-state index in [1.807, 2.05) is 0 Å². The summed E-state index contributed by atoms with van der Waals surface area (Å²) >= 11 is 6.09. The van der Waals surface area contributed by atoms with Crippen LogP contribution in [-0.4, -0.2) is 10.1 Å². The van der Waals surface area contributed by atoms with E-state index in [0.717, 1.165) is 18.7 Å². The summed E-state index contributed by atoms with van der Waals surface area (Å²) in [6, 6.07) is 5.22. The maximum atomic E-state index is 6.09. The standard InChI is InChI=1S/C12H12ClN3O/c1-12(4-5-12)11-15-10(17-16-11)8-6-7(14)2-3-9(8)13/h2-3,6H,4-5,14H2,1H3. The van der Waals surface area contributed by atoms with Gasteiger partial charge in [-0.05, 0) is 31.0 Å². The van der Waals surface area contributed by atoms with Crippen LogP contribution >= 0.6 is 11.6 Å². The normalized spacial score (nSPS) is 17.1. The molecule has 5 heteroatoms. The summed E-state index contributed by atoms with van der Waals surface area (Å²) in [6.45, 7) is 2.13. The topological polar surface area (TPSA) is 64.9 Å². The van der Waals surface area contributed by atoms with Gasteiger partial charge in [0.2, 0.25) is 0 Å². The first kappa shape index (κ1) is 10.6. The minimum atomic E-state index is 0.0918. The number of hydrogen-bond acceptors (Lipinski definition) is 4. The average molecular weight is 250 g/mol. The molecule has 1 aliphatic carbocycles. The van der Waals surface area contributed by atoms with Crippen molar-refractivity contribution in [1.29, 1.82) is 0 Å². The Labute approximate surface area is 104 Å². The predicted octanol–water partition coefficient (Wildman–Crippen LogP) is 3.02. The van der Waals surface area contributed by atoms with E-state index in [4.69, 9.17) is 21.9 Å². The molecule has 0 unspecified atom stereocenters. The largest absolute Gasteiger partial charge is 0.399 e. The smallest absolute Gasteiger partial charge is 0.259 e. The maximum Gasteiger partial charge on any atom is 0.259 e. The molecule has 1 aromatic carbocycles. The quantitative estimate of drug-likeness (QED) is 0.831. The first-order valence-electron chi connectivity index (χ1n) is 5.48. The molecule has 1 fully saturated rings. The molecule has 0 bridgehead atoms. The molecule has 0 aliphatic heterocycles. The second kappa shape index (κ2) is 3.47. The van der Waals surface area contributed by atoms with Gasteiger partial charge in [0.25, 0.3) is 5.89 Å². The zero-order valence-electron chi connectivity index (χ0n) is 9.40. The molecule has 0 spiro atoms. The van der Waals surface area contributed by atoms with Gasteiger partial charge in [-0.15, -0.1) is 0 Å². The van der Waals surface area contributed by atoms with Crippen LogP contribution in [0.3, 0.4) is 0 Å². The third kappa shape index (κ3) is 1.78. The zero-order valence-corrected chi connectivity index (χ0v) is 10.2. The highest BCUT2D eigenvalue weighted by atomic mass is 35.5. The van der Waals surface area contributed by atoms with Crippen molar-refractivity contribution in [2.45, 2.75) is 25.2 Å². The van der Waals surface area contributed by atoms with Gasteiger partial charge in [0.15, 0.2) is 5.82 Å². The molecule has 88 valence electrons. The van der Waals surface area contributed by atoms with E-state index in [1.54, 1.807) is 18.2 Å². The van der Waals surface area contributed by atoms with E-state index in [1.165, 1.54) is 0 Å². The summed E-state index contributed by atoms with van der Waals surface area (Å²) in [7, 11) is 0. The summed E-state index contributed by atoms with van der Waals surface area (Å²) < 4.78 is 5.25. The lowest BCUT2D eigenvalue weighted by molar-refractivity contribution is 0.416. The Morgan fingerprint density at radius 3 is 2.88 bits per heavy atom. The fourth-order valence-corrected chi connectivity index (χ4v) is 1.89. The van der Waals surface area contributed by atoms with E-state index >= 15 is 0 Å². The van der Waals surface area contributed by atoms with Crippen molar-refractivity contribution in [2.24, 2.45) is 0 Å².